The van der Waals surface area contributed by atoms with Crippen LogP contribution in [0, 0.1) is 5.82 Å². The molecule has 0 bridgehead atoms. The Kier molecular flexibility index (Phi) is 3.55. The van der Waals surface area contributed by atoms with E-state index in [0.717, 1.165) is 30.9 Å². The largest absolute Gasteiger partial charge is 0.316 e. The molecule has 1 saturated heterocycles. The number of nitrogens with zero attached hydrogens (tertiary/aromatic N) is 3. The van der Waals surface area contributed by atoms with Crippen molar-refractivity contribution in [3.8, 4) is 0 Å². The first-order valence-corrected chi connectivity index (χ1v) is 6.66. The summed E-state index contributed by atoms with van der Waals surface area (Å²) in [5, 5.41) is 11.7. The van der Waals surface area contributed by atoms with Gasteiger partial charge in [0.1, 0.15) is 18.0 Å². The summed E-state index contributed by atoms with van der Waals surface area (Å²) in [6.07, 6.45) is 4.08. The van der Waals surface area contributed by atoms with E-state index in [1.165, 1.54) is 18.6 Å². The molecule has 0 unspecified atom stereocenters. The lowest BCUT2D eigenvalue weighted by atomic mass is 9.99. The second kappa shape index (κ2) is 5.48. The molecule has 0 aliphatic carbocycles. The number of rotatable bonds is 3. The van der Waals surface area contributed by atoms with Gasteiger partial charge in [0, 0.05) is 12.5 Å². The zero-order valence-corrected chi connectivity index (χ0v) is 10.7. The van der Waals surface area contributed by atoms with Crippen molar-refractivity contribution in [2.24, 2.45) is 0 Å². The molecule has 1 atom stereocenters. The van der Waals surface area contributed by atoms with E-state index in [2.05, 4.69) is 20.1 Å². The molecule has 0 spiro atoms. The molecule has 1 aromatic heterocycles. The van der Waals surface area contributed by atoms with Crippen molar-refractivity contribution in [2.75, 3.05) is 13.1 Å². The fraction of sp³-hybridized carbons (Fsp3) is 0.429. The molecule has 19 heavy (non-hydrogen) atoms. The maximum atomic E-state index is 12.9. The van der Waals surface area contributed by atoms with Crippen molar-refractivity contribution in [1.82, 2.24) is 20.1 Å². The average molecular weight is 260 g/mol. The van der Waals surface area contributed by atoms with Crippen molar-refractivity contribution in [1.29, 1.82) is 0 Å². The molecular weight excluding hydrogens is 243 g/mol. The lowest BCUT2D eigenvalue weighted by Gasteiger charge is -2.22. The Morgan fingerprint density at radius 1 is 1.32 bits per heavy atom. The number of aromatic nitrogens is 3. The highest BCUT2D eigenvalue weighted by atomic mass is 19.1. The molecule has 1 aliphatic rings. The van der Waals surface area contributed by atoms with Gasteiger partial charge >= 0.3 is 0 Å². The van der Waals surface area contributed by atoms with Gasteiger partial charge < -0.3 is 9.88 Å². The maximum absolute atomic E-state index is 12.9. The minimum Gasteiger partial charge on any atom is -0.316 e. The van der Waals surface area contributed by atoms with Crippen molar-refractivity contribution < 1.29 is 4.39 Å². The fourth-order valence-electron chi connectivity index (χ4n) is 2.56. The van der Waals surface area contributed by atoms with Crippen LogP contribution in [0.2, 0.25) is 0 Å². The summed E-state index contributed by atoms with van der Waals surface area (Å²) < 4.78 is 15.0. The van der Waals surface area contributed by atoms with Gasteiger partial charge in [-0.3, -0.25) is 0 Å². The van der Waals surface area contributed by atoms with Crippen molar-refractivity contribution >= 4 is 0 Å². The molecule has 2 aromatic rings. The van der Waals surface area contributed by atoms with E-state index in [1.807, 2.05) is 0 Å². The van der Waals surface area contributed by atoms with Crippen LogP contribution in [-0.4, -0.2) is 27.9 Å². The van der Waals surface area contributed by atoms with Crippen LogP contribution in [0.5, 0.6) is 0 Å². The standard InChI is InChI=1S/C14H17FN4/c15-13-5-3-11(4-6-13)9-19-10-17-18-14(19)12-2-1-7-16-8-12/h3-6,10,12,16H,1-2,7-9H2/t12-/m1/s1. The third-order valence-electron chi connectivity index (χ3n) is 3.57. The Balaban J connectivity index is 1.77. The zero-order valence-electron chi connectivity index (χ0n) is 10.7. The van der Waals surface area contributed by atoms with E-state index in [9.17, 15) is 4.39 Å². The van der Waals surface area contributed by atoms with Crippen LogP contribution < -0.4 is 5.32 Å². The van der Waals surface area contributed by atoms with E-state index in [-0.39, 0.29) is 5.82 Å². The van der Waals surface area contributed by atoms with Crippen molar-refractivity contribution in [3.05, 3.63) is 47.8 Å². The van der Waals surface area contributed by atoms with Gasteiger partial charge in [0.2, 0.25) is 0 Å². The molecular formula is C14H17FN4. The Morgan fingerprint density at radius 3 is 2.89 bits per heavy atom. The first-order valence-electron chi connectivity index (χ1n) is 6.66. The van der Waals surface area contributed by atoms with Gasteiger partial charge in [-0.15, -0.1) is 10.2 Å². The van der Waals surface area contributed by atoms with Crippen LogP contribution in [0.1, 0.15) is 30.1 Å². The summed E-state index contributed by atoms with van der Waals surface area (Å²) in [6.45, 7) is 2.74. The predicted octanol–water partition coefficient (Wildman–Crippen LogP) is 1.93. The Bertz CT molecular complexity index is 529. The average Bonchev–Trinajstić information content (AvgIpc) is 2.90. The van der Waals surface area contributed by atoms with Gasteiger partial charge in [-0.2, -0.15) is 0 Å². The topological polar surface area (TPSA) is 42.7 Å². The highest BCUT2D eigenvalue weighted by Crippen LogP contribution is 2.21. The van der Waals surface area contributed by atoms with E-state index >= 15 is 0 Å². The zero-order chi connectivity index (χ0) is 13.1. The molecule has 1 N–H and O–H groups in total. The molecule has 2 heterocycles. The number of piperidine rings is 1. The molecule has 100 valence electrons. The molecule has 1 fully saturated rings. The maximum Gasteiger partial charge on any atom is 0.137 e. The highest BCUT2D eigenvalue weighted by Gasteiger charge is 2.20. The van der Waals surface area contributed by atoms with Crippen LogP contribution in [0.25, 0.3) is 0 Å². The molecule has 3 rings (SSSR count). The first-order chi connectivity index (χ1) is 9.33. The van der Waals surface area contributed by atoms with E-state index < -0.39 is 0 Å². The summed E-state index contributed by atoms with van der Waals surface area (Å²) in [5.41, 5.74) is 1.06. The van der Waals surface area contributed by atoms with Crippen LogP contribution in [0.15, 0.2) is 30.6 Å². The van der Waals surface area contributed by atoms with E-state index in [4.69, 9.17) is 0 Å². The number of hydrogen-bond acceptors (Lipinski definition) is 3. The monoisotopic (exact) mass is 260 g/mol. The quantitative estimate of drug-likeness (QED) is 0.917. The van der Waals surface area contributed by atoms with Gasteiger partial charge in [0.25, 0.3) is 0 Å². The Labute approximate surface area is 111 Å². The van der Waals surface area contributed by atoms with Gasteiger partial charge in [0.15, 0.2) is 0 Å². The molecule has 1 aliphatic heterocycles. The number of hydrogen-bond donors (Lipinski definition) is 1. The number of benzene rings is 1. The number of nitrogens with one attached hydrogen (secondary N) is 1. The van der Waals surface area contributed by atoms with E-state index in [0.29, 0.717) is 12.5 Å². The van der Waals surface area contributed by atoms with Gasteiger partial charge in [0.05, 0.1) is 6.54 Å². The summed E-state index contributed by atoms with van der Waals surface area (Å²) in [4.78, 5) is 0. The van der Waals surface area contributed by atoms with Crippen molar-refractivity contribution in [3.63, 3.8) is 0 Å². The lowest BCUT2D eigenvalue weighted by Crippen LogP contribution is -2.30. The second-order valence-electron chi connectivity index (χ2n) is 4.99. The summed E-state index contributed by atoms with van der Waals surface area (Å²) >= 11 is 0. The van der Waals surface area contributed by atoms with Crippen LogP contribution in [-0.2, 0) is 6.54 Å². The molecule has 5 heteroatoms. The predicted molar refractivity (Wildman–Crippen MR) is 70.4 cm³/mol. The summed E-state index contributed by atoms with van der Waals surface area (Å²) in [7, 11) is 0. The van der Waals surface area contributed by atoms with Gasteiger partial charge in [-0.1, -0.05) is 12.1 Å². The molecule has 1 aromatic carbocycles. The summed E-state index contributed by atoms with van der Waals surface area (Å²) in [6, 6.07) is 6.58. The molecule has 4 nitrogen and oxygen atoms in total. The van der Waals surface area contributed by atoms with Crippen LogP contribution in [0.4, 0.5) is 4.39 Å². The third-order valence-corrected chi connectivity index (χ3v) is 3.57. The molecule has 0 amide bonds. The van der Waals surface area contributed by atoms with Crippen LogP contribution >= 0.6 is 0 Å². The lowest BCUT2D eigenvalue weighted by molar-refractivity contribution is 0.435. The third kappa shape index (κ3) is 2.81. The normalized spacial score (nSPS) is 19.5. The molecule has 0 saturated carbocycles. The van der Waals surface area contributed by atoms with Crippen LogP contribution in [0.3, 0.4) is 0 Å². The van der Waals surface area contributed by atoms with Crippen molar-refractivity contribution in [2.45, 2.75) is 25.3 Å². The summed E-state index contributed by atoms with van der Waals surface area (Å²) in [5.74, 6) is 1.25. The molecule has 0 radical (unpaired) electrons. The Morgan fingerprint density at radius 2 is 2.16 bits per heavy atom. The fourth-order valence-corrected chi connectivity index (χ4v) is 2.56. The smallest absolute Gasteiger partial charge is 0.137 e. The SMILES string of the molecule is Fc1ccc(Cn2cnnc2[C@@H]2CCCNC2)cc1. The minimum absolute atomic E-state index is 0.204. The van der Waals surface area contributed by atoms with Gasteiger partial charge in [-0.05, 0) is 37.1 Å². The first kappa shape index (κ1) is 12.3. The van der Waals surface area contributed by atoms with Gasteiger partial charge in [-0.25, -0.2) is 4.39 Å². The van der Waals surface area contributed by atoms with E-state index in [1.54, 1.807) is 18.5 Å². The highest BCUT2D eigenvalue weighted by molar-refractivity contribution is 5.17. The minimum atomic E-state index is -0.204. The Hall–Kier alpha value is -1.75. The second-order valence-corrected chi connectivity index (χ2v) is 4.99. The number of halogens is 1.